The van der Waals surface area contributed by atoms with Crippen LogP contribution in [0, 0.1) is 0 Å². The van der Waals surface area contributed by atoms with Gasteiger partial charge in [-0.25, -0.2) is 13.9 Å². The lowest BCUT2D eigenvalue weighted by molar-refractivity contribution is -0.135. The van der Waals surface area contributed by atoms with Gasteiger partial charge in [0.05, 0.1) is 12.0 Å². The molecule has 1 fully saturated rings. The molecule has 1 saturated heterocycles. The first-order chi connectivity index (χ1) is 15.8. The molecule has 1 aromatic carbocycles. The molecule has 0 aliphatic carbocycles. The summed E-state index contributed by atoms with van der Waals surface area (Å²) in [6.45, 7) is 2.97. The van der Waals surface area contributed by atoms with Crippen LogP contribution in [0.15, 0.2) is 29.2 Å². The predicted octanol–water partition coefficient (Wildman–Crippen LogP) is 1.77. The molecule has 2 amide bonds. The van der Waals surface area contributed by atoms with Gasteiger partial charge in [0.2, 0.25) is 15.9 Å². The molecule has 34 heavy (non-hydrogen) atoms. The van der Waals surface area contributed by atoms with Crippen molar-refractivity contribution in [3.05, 3.63) is 24.3 Å². The Morgan fingerprint density at radius 3 is 2.35 bits per heavy atom. The summed E-state index contributed by atoms with van der Waals surface area (Å²) in [5, 5.41) is 12.5. The molecule has 0 spiro atoms. The molecule has 1 aliphatic rings. The Hall–Kier alpha value is -1.92. The van der Waals surface area contributed by atoms with E-state index in [2.05, 4.69) is 5.32 Å². The molecule has 0 radical (unpaired) electrons. The second-order valence-corrected chi connectivity index (χ2v) is 10.0. The Morgan fingerprint density at radius 1 is 1.24 bits per heavy atom. The summed E-state index contributed by atoms with van der Waals surface area (Å²) in [7, 11) is -0.750. The Balaban J connectivity index is 0.00000578. The number of halogens is 1. The maximum Gasteiger partial charge on any atom is 0.261 e. The number of nitrogens with one attached hydrogen (secondary N) is 2. The topological polar surface area (TPSA) is 128 Å². The highest BCUT2D eigenvalue weighted by Gasteiger charge is 2.36. The van der Waals surface area contributed by atoms with Crippen LogP contribution in [-0.4, -0.2) is 80.5 Å². The zero-order valence-corrected chi connectivity index (χ0v) is 21.7. The van der Waals surface area contributed by atoms with Crippen molar-refractivity contribution in [2.75, 3.05) is 33.8 Å². The smallest absolute Gasteiger partial charge is 0.261 e. The van der Waals surface area contributed by atoms with Crippen LogP contribution in [-0.2, 0) is 19.6 Å². The maximum atomic E-state index is 13.5. The monoisotopic (exact) mass is 520 g/mol. The first kappa shape index (κ1) is 30.1. The number of hydrogen-bond acceptors (Lipinski definition) is 7. The fourth-order valence-electron chi connectivity index (χ4n) is 3.99. The van der Waals surface area contributed by atoms with E-state index in [0.717, 1.165) is 23.6 Å². The van der Waals surface area contributed by atoms with Gasteiger partial charge in [-0.3, -0.25) is 14.8 Å². The number of sulfonamides is 1. The molecule has 1 unspecified atom stereocenters. The van der Waals surface area contributed by atoms with Crippen LogP contribution in [0.2, 0.25) is 0 Å². The highest BCUT2D eigenvalue weighted by Crippen LogP contribution is 2.24. The second kappa shape index (κ2) is 14.5. The molecule has 1 aromatic rings. The summed E-state index contributed by atoms with van der Waals surface area (Å²) in [4.78, 5) is 27.0. The van der Waals surface area contributed by atoms with E-state index in [-0.39, 0.29) is 42.6 Å². The number of benzene rings is 1. The van der Waals surface area contributed by atoms with Crippen molar-refractivity contribution in [2.45, 2.75) is 62.4 Å². The molecule has 12 heteroatoms. The van der Waals surface area contributed by atoms with Gasteiger partial charge in [0.25, 0.3) is 5.91 Å². The standard InChI is InChI=1S/C22H36N4O6S.ClH/c1-4-5-6-20(22(28)24-29)26(33(30,31)19-9-7-18(32-3)8-10-19)16-13-21(27)25-14-11-17(23-2)12-15-25;/h7-10,17,20,23,29H,4-6,11-16H2,1-3H3,(H,24,28);1H. The normalized spacial score (nSPS) is 15.5. The van der Waals surface area contributed by atoms with Crippen molar-refractivity contribution in [3.8, 4) is 5.75 Å². The molecule has 0 bridgehead atoms. The molecule has 10 nitrogen and oxygen atoms in total. The number of unbranched alkanes of at least 4 members (excludes halogenated alkanes) is 1. The van der Waals surface area contributed by atoms with Crippen molar-refractivity contribution >= 4 is 34.2 Å². The molecular weight excluding hydrogens is 484 g/mol. The van der Waals surface area contributed by atoms with Crippen molar-refractivity contribution in [2.24, 2.45) is 0 Å². The van der Waals surface area contributed by atoms with Gasteiger partial charge in [-0.1, -0.05) is 19.8 Å². The van der Waals surface area contributed by atoms with Crippen LogP contribution in [0.4, 0.5) is 0 Å². The van der Waals surface area contributed by atoms with Crippen molar-refractivity contribution in [1.82, 2.24) is 20.0 Å². The van der Waals surface area contributed by atoms with Gasteiger partial charge >= 0.3 is 0 Å². The predicted molar refractivity (Wildman–Crippen MR) is 131 cm³/mol. The molecule has 0 saturated carbocycles. The SMILES string of the molecule is CCCCC(C(=O)NO)N(CCC(=O)N1CCC(NC)CC1)S(=O)(=O)c1ccc(OC)cc1.Cl. The molecule has 194 valence electrons. The summed E-state index contributed by atoms with van der Waals surface area (Å²) in [6.07, 6.45) is 3.16. The summed E-state index contributed by atoms with van der Waals surface area (Å²) < 4.78 is 33.2. The maximum absolute atomic E-state index is 13.5. The van der Waals surface area contributed by atoms with E-state index in [4.69, 9.17) is 4.74 Å². The van der Waals surface area contributed by atoms with Gasteiger partial charge in [-0.05, 0) is 50.6 Å². The molecule has 1 heterocycles. The first-order valence-electron chi connectivity index (χ1n) is 11.3. The first-order valence-corrected chi connectivity index (χ1v) is 12.8. The van der Waals surface area contributed by atoms with E-state index < -0.39 is 22.0 Å². The number of likely N-dealkylation sites (tertiary alicyclic amines) is 1. The Kier molecular flexibility index (Phi) is 12.8. The van der Waals surface area contributed by atoms with E-state index in [1.165, 1.54) is 31.4 Å². The highest BCUT2D eigenvalue weighted by molar-refractivity contribution is 7.89. The number of ether oxygens (including phenoxy) is 1. The van der Waals surface area contributed by atoms with Crippen molar-refractivity contribution in [1.29, 1.82) is 0 Å². The lowest BCUT2D eigenvalue weighted by Crippen LogP contribution is -2.50. The van der Waals surface area contributed by atoms with E-state index in [1.54, 1.807) is 10.4 Å². The number of nitrogens with zero attached hydrogens (tertiary/aromatic N) is 2. The number of carbonyl (C=O) groups excluding carboxylic acids is 2. The largest absolute Gasteiger partial charge is 0.497 e. The Labute approximate surface area is 208 Å². The zero-order chi connectivity index (χ0) is 24.4. The number of methoxy groups -OCH3 is 1. The minimum Gasteiger partial charge on any atom is -0.497 e. The number of amides is 2. The van der Waals surface area contributed by atoms with E-state index in [0.29, 0.717) is 31.3 Å². The Bertz CT molecular complexity index is 876. The van der Waals surface area contributed by atoms with Gasteiger partial charge in [0, 0.05) is 32.1 Å². The number of hydrogen-bond donors (Lipinski definition) is 3. The van der Waals surface area contributed by atoms with Crippen molar-refractivity contribution in [3.63, 3.8) is 0 Å². The van der Waals surface area contributed by atoms with Crippen LogP contribution >= 0.6 is 12.4 Å². The molecule has 1 aliphatic heterocycles. The molecular formula is C22H37ClN4O6S. The third kappa shape index (κ3) is 7.81. The zero-order valence-electron chi connectivity index (χ0n) is 20.0. The summed E-state index contributed by atoms with van der Waals surface area (Å²) in [6, 6.07) is 5.08. The van der Waals surface area contributed by atoms with E-state index >= 15 is 0 Å². The van der Waals surface area contributed by atoms with Crippen LogP contribution in [0.3, 0.4) is 0 Å². The van der Waals surface area contributed by atoms with Gasteiger partial charge in [-0.2, -0.15) is 4.31 Å². The van der Waals surface area contributed by atoms with Crippen molar-refractivity contribution < 1.29 is 28.0 Å². The van der Waals surface area contributed by atoms with Crippen LogP contribution in [0.25, 0.3) is 0 Å². The van der Waals surface area contributed by atoms with Gasteiger partial charge in [0.1, 0.15) is 11.8 Å². The fourth-order valence-corrected chi connectivity index (χ4v) is 5.60. The summed E-state index contributed by atoms with van der Waals surface area (Å²) >= 11 is 0. The van der Waals surface area contributed by atoms with Gasteiger partial charge < -0.3 is 15.0 Å². The summed E-state index contributed by atoms with van der Waals surface area (Å²) in [5.41, 5.74) is 1.59. The molecule has 0 aromatic heterocycles. The molecule has 2 rings (SSSR count). The lowest BCUT2D eigenvalue weighted by Gasteiger charge is -2.33. The highest BCUT2D eigenvalue weighted by atomic mass is 35.5. The fraction of sp³-hybridized carbons (Fsp3) is 0.636. The Morgan fingerprint density at radius 2 is 1.85 bits per heavy atom. The number of hydroxylamine groups is 1. The lowest BCUT2D eigenvalue weighted by atomic mass is 10.0. The number of carbonyl (C=O) groups is 2. The van der Waals surface area contributed by atoms with Crippen LogP contribution < -0.4 is 15.5 Å². The average Bonchev–Trinajstić information content (AvgIpc) is 2.85. The molecule has 3 N–H and O–H groups in total. The second-order valence-electron chi connectivity index (χ2n) is 8.12. The minimum absolute atomic E-state index is 0. The third-order valence-electron chi connectivity index (χ3n) is 6.06. The third-order valence-corrected chi connectivity index (χ3v) is 7.98. The van der Waals surface area contributed by atoms with E-state index in [9.17, 15) is 23.2 Å². The number of piperidine rings is 1. The van der Waals surface area contributed by atoms with Gasteiger partial charge in [0.15, 0.2) is 0 Å². The minimum atomic E-state index is -4.12. The van der Waals surface area contributed by atoms with Crippen LogP contribution in [0.1, 0.15) is 45.4 Å². The molecule has 1 atom stereocenters. The van der Waals surface area contributed by atoms with Crippen LogP contribution in [0.5, 0.6) is 5.75 Å². The quantitative estimate of drug-likeness (QED) is 0.283. The summed E-state index contributed by atoms with van der Waals surface area (Å²) in [5.74, 6) is -0.475. The van der Waals surface area contributed by atoms with E-state index in [1.807, 2.05) is 14.0 Å². The average molecular weight is 521 g/mol. The number of rotatable bonds is 12. The van der Waals surface area contributed by atoms with Gasteiger partial charge in [-0.15, -0.1) is 12.4 Å².